The lowest BCUT2D eigenvalue weighted by atomic mass is 9.80. The number of aromatic hydroxyl groups is 4. The van der Waals surface area contributed by atoms with Gasteiger partial charge in [0.15, 0.2) is 0 Å². The van der Waals surface area contributed by atoms with Crippen LogP contribution in [0.15, 0.2) is 78.9 Å². The van der Waals surface area contributed by atoms with Crippen LogP contribution in [0.3, 0.4) is 0 Å². The Morgan fingerprint density at radius 2 is 1.07 bits per heavy atom. The van der Waals surface area contributed by atoms with Crippen molar-refractivity contribution in [3.63, 3.8) is 0 Å². The Balaban J connectivity index is 1.49. The zero-order valence-electron chi connectivity index (χ0n) is 29.9. The van der Waals surface area contributed by atoms with Crippen molar-refractivity contribution in [2.75, 3.05) is 13.2 Å². The maximum absolute atomic E-state index is 12.4. The molecule has 2 heterocycles. The van der Waals surface area contributed by atoms with Crippen LogP contribution in [0.2, 0.25) is 0 Å². The van der Waals surface area contributed by atoms with Gasteiger partial charge in [0.1, 0.15) is 83.3 Å². The zero-order valence-corrected chi connectivity index (χ0v) is 29.9. The van der Waals surface area contributed by atoms with E-state index in [1.54, 1.807) is 24.3 Å². The largest absolute Gasteiger partial charge is 0.508 e. The second-order valence-corrected chi connectivity index (χ2v) is 13.8. The number of hydrogen-bond acceptors (Lipinski definition) is 17. The highest BCUT2D eigenvalue weighted by molar-refractivity contribution is 5.75. The average molecular weight is 797 g/mol. The van der Waals surface area contributed by atoms with E-state index in [0.29, 0.717) is 11.1 Å². The smallest absolute Gasteiger partial charge is 0.229 e. The highest BCUT2D eigenvalue weighted by Crippen LogP contribution is 2.47. The number of benzene rings is 4. The molecule has 2 fully saturated rings. The van der Waals surface area contributed by atoms with Gasteiger partial charge in [0.2, 0.25) is 12.6 Å². The summed E-state index contributed by atoms with van der Waals surface area (Å²) in [6.45, 7) is -1.50. The van der Waals surface area contributed by atoms with E-state index < -0.39 is 92.4 Å². The van der Waals surface area contributed by atoms with Gasteiger partial charge in [-0.3, -0.25) is 0 Å². The molecule has 0 unspecified atom stereocenters. The Morgan fingerprint density at radius 1 is 0.544 bits per heavy atom. The van der Waals surface area contributed by atoms with E-state index in [1.165, 1.54) is 54.6 Å². The number of aliphatic hydroxyl groups is 9. The minimum absolute atomic E-state index is 0.0110. The molecular formula is C40H44O17. The van der Waals surface area contributed by atoms with Crippen molar-refractivity contribution in [2.24, 2.45) is 0 Å². The third-order valence-electron chi connectivity index (χ3n) is 9.83. The molecule has 2 aliphatic heterocycles. The van der Waals surface area contributed by atoms with Crippen LogP contribution < -0.4 is 9.47 Å². The Morgan fingerprint density at radius 3 is 1.63 bits per heavy atom. The number of aliphatic hydroxyl groups excluding tert-OH is 9. The molecule has 17 nitrogen and oxygen atoms in total. The normalized spacial score (nSPS) is 28.9. The number of phenols is 4. The predicted octanol–water partition coefficient (Wildman–Crippen LogP) is -0.0977. The number of rotatable bonds is 12. The van der Waals surface area contributed by atoms with Crippen molar-refractivity contribution in [2.45, 2.75) is 73.4 Å². The predicted molar refractivity (Wildman–Crippen MR) is 197 cm³/mol. The molecule has 306 valence electrons. The van der Waals surface area contributed by atoms with Crippen LogP contribution in [-0.2, 0) is 9.47 Å². The number of ether oxygens (including phenoxy) is 4. The second-order valence-electron chi connectivity index (χ2n) is 13.8. The first-order chi connectivity index (χ1) is 27.2. The summed E-state index contributed by atoms with van der Waals surface area (Å²) in [6, 6.07) is 17.8. The molecule has 0 spiro atoms. The van der Waals surface area contributed by atoms with Crippen molar-refractivity contribution >= 4 is 12.2 Å². The van der Waals surface area contributed by atoms with E-state index in [2.05, 4.69) is 0 Å². The molecule has 4 aromatic carbocycles. The van der Waals surface area contributed by atoms with Crippen molar-refractivity contribution in [1.82, 2.24) is 0 Å². The Bertz CT molecular complexity index is 1990. The molecule has 57 heavy (non-hydrogen) atoms. The lowest BCUT2D eigenvalue weighted by molar-refractivity contribution is -0.277. The lowest BCUT2D eigenvalue weighted by Gasteiger charge is -2.40. The summed E-state index contributed by atoms with van der Waals surface area (Å²) >= 11 is 0. The van der Waals surface area contributed by atoms with Crippen LogP contribution in [0.5, 0.6) is 34.5 Å². The zero-order chi connectivity index (χ0) is 41.1. The number of phenolic OH excluding ortho intramolecular Hbond substituents is 4. The van der Waals surface area contributed by atoms with Crippen molar-refractivity contribution in [3.05, 3.63) is 107 Å². The van der Waals surface area contributed by atoms with Gasteiger partial charge in [-0.2, -0.15) is 0 Å². The third-order valence-corrected chi connectivity index (χ3v) is 9.83. The van der Waals surface area contributed by atoms with Crippen LogP contribution in [0.1, 0.15) is 39.8 Å². The summed E-state index contributed by atoms with van der Waals surface area (Å²) in [5, 5.41) is 137. The first-order valence-corrected chi connectivity index (χ1v) is 17.8. The van der Waals surface area contributed by atoms with Gasteiger partial charge in [0, 0.05) is 23.6 Å². The van der Waals surface area contributed by atoms with Crippen LogP contribution in [0.4, 0.5) is 0 Å². The average Bonchev–Trinajstić information content (AvgIpc) is 3.19. The second kappa shape index (κ2) is 17.6. The van der Waals surface area contributed by atoms with E-state index in [0.717, 1.165) is 12.1 Å². The molecule has 0 aromatic heterocycles. The molecule has 6 rings (SSSR count). The highest BCUT2D eigenvalue weighted by Gasteiger charge is 2.46. The van der Waals surface area contributed by atoms with Gasteiger partial charge in [-0.05, 0) is 64.7 Å². The van der Waals surface area contributed by atoms with Crippen LogP contribution in [0.25, 0.3) is 12.2 Å². The first kappa shape index (κ1) is 41.6. The Hall–Kier alpha value is -5.02. The van der Waals surface area contributed by atoms with Gasteiger partial charge in [-0.15, -0.1) is 0 Å². The first-order valence-electron chi connectivity index (χ1n) is 17.8. The van der Waals surface area contributed by atoms with E-state index in [4.69, 9.17) is 18.9 Å². The Labute approximate surface area is 325 Å². The van der Waals surface area contributed by atoms with Crippen LogP contribution in [0, 0.1) is 0 Å². The minimum atomic E-state index is -1.88. The maximum atomic E-state index is 12.4. The van der Waals surface area contributed by atoms with E-state index in [-0.39, 0.29) is 45.4 Å². The van der Waals surface area contributed by atoms with E-state index >= 15 is 0 Å². The summed E-state index contributed by atoms with van der Waals surface area (Å²) < 4.78 is 22.9. The fraction of sp³-hybridized carbons (Fsp3) is 0.350. The van der Waals surface area contributed by atoms with Crippen LogP contribution >= 0.6 is 0 Å². The standard InChI is InChI=1S/C40H44O17/c41-16-28-33(48)35(50)37(52)39(56-28)54-26-13-21(12-24(45)14-26)32(47)31(19-5-9-23(44)10-6-19)30-20(4-1-18-2-7-22(43)8-3-18)11-25(46)15-27(30)55-40-38(53)36(51)34(49)29(17-42)57-40/h1-15,28-29,31-53H,16-17H2/t28-,29-,31+,32+,33-,34-,35+,36+,37-,38-,39-,40-/m1/s1. The molecule has 4 aromatic rings. The lowest BCUT2D eigenvalue weighted by Crippen LogP contribution is -2.60. The summed E-state index contributed by atoms with van der Waals surface area (Å²) in [5.74, 6) is -2.59. The Kier molecular flexibility index (Phi) is 12.9. The molecule has 0 aliphatic carbocycles. The van der Waals surface area contributed by atoms with Crippen molar-refractivity contribution < 1.29 is 85.3 Å². The summed E-state index contributed by atoms with van der Waals surface area (Å²) in [5.41, 5.74) is 1.22. The van der Waals surface area contributed by atoms with Gasteiger partial charge in [0.25, 0.3) is 0 Å². The van der Waals surface area contributed by atoms with E-state index in [1.807, 2.05) is 0 Å². The molecule has 12 atom stereocenters. The molecule has 0 saturated carbocycles. The fourth-order valence-corrected chi connectivity index (χ4v) is 6.79. The molecular weight excluding hydrogens is 752 g/mol. The summed E-state index contributed by atoms with van der Waals surface area (Å²) in [4.78, 5) is 0. The molecule has 2 aliphatic rings. The minimum Gasteiger partial charge on any atom is -0.508 e. The van der Waals surface area contributed by atoms with Gasteiger partial charge in [0.05, 0.1) is 19.3 Å². The highest BCUT2D eigenvalue weighted by atomic mass is 16.7. The van der Waals surface area contributed by atoms with Gasteiger partial charge < -0.3 is 85.3 Å². The molecule has 0 radical (unpaired) electrons. The SMILES string of the molecule is OC[C@H]1O[C@@H](Oc2cc(O)cc([C@H](O)[C@@H](c3ccc(O)cc3)c3c(C=Cc4ccc(O)cc4)cc(O)cc3O[C@@H]3O[C@H](CO)[C@@H](O)[C@H](O)[C@H]3O)c2)[C@H](O)[C@@H](O)[C@@H]1O. The third kappa shape index (κ3) is 9.09. The summed E-state index contributed by atoms with van der Waals surface area (Å²) in [6.07, 6.45) is -15.2. The quantitative estimate of drug-likeness (QED) is 0.0833. The molecule has 0 bridgehead atoms. The molecule has 13 N–H and O–H groups in total. The monoisotopic (exact) mass is 796 g/mol. The maximum Gasteiger partial charge on any atom is 0.229 e. The van der Waals surface area contributed by atoms with Gasteiger partial charge >= 0.3 is 0 Å². The van der Waals surface area contributed by atoms with Crippen molar-refractivity contribution in [1.29, 1.82) is 0 Å². The van der Waals surface area contributed by atoms with Gasteiger partial charge in [-0.25, -0.2) is 0 Å². The molecule has 17 heteroatoms. The van der Waals surface area contributed by atoms with Crippen LogP contribution in [-0.4, -0.2) is 141 Å². The molecule has 0 amide bonds. The topological polar surface area (TPSA) is 300 Å². The van der Waals surface area contributed by atoms with Crippen molar-refractivity contribution in [3.8, 4) is 34.5 Å². The molecule has 2 saturated heterocycles. The van der Waals surface area contributed by atoms with E-state index in [9.17, 15) is 66.4 Å². The number of hydrogen-bond donors (Lipinski definition) is 13. The van der Waals surface area contributed by atoms with Gasteiger partial charge in [-0.1, -0.05) is 36.4 Å². The summed E-state index contributed by atoms with van der Waals surface area (Å²) in [7, 11) is 0. The fourth-order valence-electron chi connectivity index (χ4n) is 6.79.